The van der Waals surface area contributed by atoms with E-state index in [0.717, 1.165) is 11.1 Å². The van der Waals surface area contributed by atoms with Gasteiger partial charge in [0.25, 0.3) is 5.91 Å². The van der Waals surface area contributed by atoms with Crippen molar-refractivity contribution in [3.8, 4) is 0 Å². The summed E-state index contributed by atoms with van der Waals surface area (Å²) < 4.78 is 0. The van der Waals surface area contributed by atoms with Crippen molar-refractivity contribution in [2.45, 2.75) is 13.3 Å². The maximum absolute atomic E-state index is 12.2. The summed E-state index contributed by atoms with van der Waals surface area (Å²) in [5.74, 6) is -0.195. The third-order valence-electron chi connectivity index (χ3n) is 3.00. The Labute approximate surface area is 134 Å². The zero-order chi connectivity index (χ0) is 15.4. The van der Waals surface area contributed by atoms with E-state index >= 15 is 0 Å². The molecule has 0 unspecified atom stereocenters. The van der Waals surface area contributed by atoms with E-state index in [9.17, 15) is 4.79 Å². The summed E-state index contributed by atoms with van der Waals surface area (Å²) in [5, 5.41) is 3.44. The van der Waals surface area contributed by atoms with E-state index in [1.54, 1.807) is 18.2 Å². The topological polar surface area (TPSA) is 55.1 Å². The van der Waals surface area contributed by atoms with E-state index in [2.05, 4.69) is 5.32 Å². The Morgan fingerprint density at radius 2 is 2.05 bits per heavy atom. The molecule has 2 rings (SSSR count). The van der Waals surface area contributed by atoms with E-state index in [0.29, 0.717) is 27.7 Å². The van der Waals surface area contributed by atoms with Crippen LogP contribution in [-0.4, -0.2) is 10.9 Å². The van der Waals surface area contributed by atoms with Gasteiger partial charge in [-0.1, -0.05) is 42.0 Å². The van der Waals surface area contributed by atoms with Gasteiger partial charge in [-0.3, -0.25) is 4.79 Å². The standard InChI is InChI=1S/C16H15ClN2OS/c1-10-5-6-13(9-14(10)17)19-16(20)12-4-2-3-11(7-12)8-15(18)21/h2-7,9H,8H2,1H3,(H2,18,21)(H,19,20). The minimum atomic E-state index is -0.195. The predicted octanol–water partition coefficient (Wildman–Crippen LogP) is 3.73. The smallest absolute Gasteiger partial charge is 0.255 e. The van der Waals surface area contributed by atoms with Crippen LogP contribution in [0.5, 0.6) is 0 Å². The normalized spacial score (nSPS) is 10.2. The second-order valence-corrected chi connectivity index (χ2v) is 5.69. The van der Waals surface area contributed by atoms with Gasteiger partial charge in [0, 0.05) is 22.7 Å². The maximum atomic E-state index is 12.2. The maximum Gasteiger partial charge on any atom is 0.255 e. The number of amides is 1. The van der Waals surface area contributed by atoms with E-state index in [-0.39, 0.29) is 5.91 Å². The molecule has 0 saturated carbocycles. The predicted molar refractivity (Wildman–Crippen MR) is 91.1 cm³/mol. The molecule has 108 valence electrons. The summed E-state index contributed by atoms with van der Waals surface area (Å²) in [5.41, 5.74) is 8.62. The number of carbonyl (C=O) groups excluding carboxylic acids is 1. The zero-order valence-electron chi connectivity index (χ0n) is 11.5. The molecule has 0 heterocycles. The lowest BCUT2D eigenvalue weighted by Crippen LogP contribution is -2.14. The highest BCUT2D eigenvalue weighted by atomic mass is 35.5. The quantitative estimate of drug-likeness (QED) is 0.845. The van der Waals surface area contributed by atoms with Crippen molar-refractivity contribution in [1.82, 2.24) is 0 Å². The largest absolute Gasteiger partial charge is 0.393 e. The Balaban J connectivity index is 2.16. The number of aryl methyl sites for hydroxylation is 1. The van der Waals surface area contributed by atoms with Crippen molar-refractivity contribution in [2.24, 2.45) is 5.73 Å². The lowest BCUT2D eigenvalue weighted by molar-refractivity contribution is 0.102. The summed E-state index contributed by atoms with van der Waals surface area (Å²) in [7, 11) is 0. The Kier molecular flexibility index (Phi) is 4.94. The van der Waals surface area contributed by atoms with Gasteiger partial charge in [-0.2, -0.15) is 0 Å². The van der Waals surface area contributed by atoms with Crippen LogP contribution in [0.3, 0.4) is 0 Å². The lowest BCUT2D eigenvalue weighted by atomic mass is 10.1. The molecule has 2 aromatic carbocycles. The molecule has 5 heteroatoms. The molecule has 3 N–H and O–H groups in total. The number of benzene rings is 2. The van der Waals surface area contributed by atoms with E-state index in [4.69, 9.17) is 29.6 Å². The van der Waals surface area contributed by atoms with Crippen molar-refractivity contribution < 1.29 is 4.79 Å². The molecule has 0 aliphatic heterocycles. The SMILES string of the molecule is Cc1ccc(NC(=O)c2cccc(CC(N)=S)c2)cc1Cl. The second-order valence-electron chi connectivity index (χ2n) is 4.76. The van der Waals surface area contributed by atoms with Gasteiger partial charge in [-0.05, 0) is 42.3 Å². The summed E-state index contributed by atoms with van der Waals surface area (Å²) >= 11 is 10.9. The van der Waals surface area contributed by atoms with Gasteiger partial charge in [0.2, 0.25) is 0 Å². The molecule has 0 aromatic heterocycles. The van der Waals surface area contributed by atoms with Gasteiger partial charge < -0.3 is 11.1 Å². The molecule has 0 fully saturated rings. The number of thiocarbonyl (C=S) groups is 1. The number of rotatable bonds is 4. The number of hydrogen-bond donors (Lipinski definition) is 2. The molecule has 0 spiro atoms. The number of hydrogen-bond acceptors (Lipinski definition) is 2. The highest BCUT2D eigenvalue weighted by molar-refractivity contribution is 7.80. The molecule has 21 heavy (non-hydrogen) atoms. The summed E-state index contributed by atoms with van der Waals surface area (Å²) in [6, 6.07) is 12.6. The van der Waals surface area contributed by atoms with E-state index in [1.807, 2.05) is 31.2 Å². The number of anilines is 1. The highest BCUT2D eigenvalue weighted by Crippen LogP contribution is 2.20. The van der Waals surface area contributed by atoms with Crippen molar-refractivity contribution in [3.63, 3.8) is 0 Å². The van der Waals surface area contributed by atoms with Gasteiger partial charge in [0.05, 0.1) is 4.99 Å². The minimum absolute atomic E-state index is 0.195. The van der Waals surface area contributed by atoms with Crippen molar-refractivity contribution in [1.29, 1.82) is 0 Å². The average molecular weight is 319 g/mol. The van der Waals surface area contributed by atoms with Crippen LogP contribution in [0.1, 0.15) is 21.5 Å². The third kappa shape index (κ3) is 4.28. The zero-order valence-corrected chi connectivity index (χ0v) is 13.1. The fraction of sp³-hybridized carbons (Fsp3) is 0.125. The Morgan fingerprint density at radius 3 is 2.71 bits per heavy atom. The number of halogens is 1. The van der Waals surface area contributed by atoms with Crippen LogP contribution in [-0.2, 0) is 6.42 Å². The summed E-state index contributed by atoms with van der Waals surface area (Å²) in [4.78, 5) is 12.6. The van der Waals surface area contributed by atoms with Gasteiger partial charge in [-0.15, -0.1) is 0 Å². The Hall–Kier alpha value is -1.91. The third-order valence-corrected chi connectivity index (χ3v) is 3.55. The molecular formula is C16H15ClN2OS. The molecule has 3 nitrogen and oxygen atoms in total. The number of nitrogens with one attached hydrogen (secondary N) is 1. The van der Waals surface area contributed by atoms with Crippen LogP contribution in [0, 0.1) is 6.92 Å². The molecule has 0 saturated heterocycles. The Bertz CT molecular complexity index is 700. The molecule has 0 radical (unpaired) electrons. The highest BCUT2D eigenvalue weighted by Gasteiger charge is 2.08. The van der Waals surface area contributed by atoms with Crippen LogP contribution < -0.4 is 11.1 Å². The lowest BCUT2D eigenvalue weighted by Gasteiger charge is -2.08. The molecule has 2 aromatic rings. The molecule has 0 aliphatic rings. The van der Waals surface area contributed by atoms with Crippen LogP contribution >= 0.6 is 23.8 Å². The average Bonchev–Trinajstić information content (AvgIpc) is 2.42. The van der Waals surface area contributed by atoms with Crippen molar-refractivity contribution >= 4 is 40.4 Å². The fourth-order valence-electron chi connectivity index (χ4n) is 1.90. The van der Waals surface area contributed by atoms with Crippen molar-refractivity contribution in [2.75, 3.05) is 5.32 Å². The molecule has 0 bridgehead atoms. The van der Waals surface area contributed by atoms with Gasteiger partial charge >= 0.3 is 0 Å². The van der Waals surface area contributed by atoms with E-state index < -0.39 is 0 Å². The Morgan fingerprint density at radius 1 is 1.29 bits per heavy atom. The monoisotopic (exact) mass is 318 g/mol. The summed E-state index contributed by atoms with van der Waals surface area (Å²) in [6.45, 7) is 1.91. The molecular weight excluding hydrogens is 304 g/mol. The first kappa shape index (κ1) is 15.5. The van der Waals surface area contributed by atoms with Crippen LogP contribution in [0.4, 0.5) is 5.69 Å². The van der Waals surface area contributed by atoms with Gasteiger partial charge in [0.1, 0.15) is 0 Å². The van der Waals surface area contributed by atoms with E-state index in [1.165, 1.54) is 0 Å². The van der Waals surface area contributed by atoms with Crippen LogP contribution in [0.15, 0.2) is 42.5 Å². The molecule has 0 atom stereocenters. The van der Waals surface area contributed by atoms with Crippen LogP contribution in [0.2, 0.25) is 5.02 Å². The number of nitrogens with two attached hydrogens (primary N) is 1. The first-order chi connectivity index (χ1) is 9.95. The molecule has 0 aliphatic carbocycles. The first-order valence-electron chi connectivity index (χ1n) is 6.40. The van der Waals surface area contributed by atoms with Crippen molar-refractivity contribution in [3.05, 3.63) is 64.2 Å². The summed E-state index contributed by atoms with van der Waals surface area (Å²) in [6.07, 6.45) is 0.479. The first-order valence-corrected chi connectivity index (χ1v) is 7.19. The van der Waals surface area contributed by atoms with Gasteiger partial charge in [-0.25, -0.2) is 0 Å². The second kappa shape index (κ2) is 6.70. The molecule has 1 amide bonds. The van der Waals surface area contributed by atoms with Crippen LogP contribution in [0.25, 0.3) is 0 Å². The number of carbonyl (C=O) groups is 1. The van der Waals surface area contributed by atoms with Gasteiger partial charge in [0.15, 0.2) is 0 Å². The minimum Gasteiger partial charge on any atom is -0.393 e. The fourth-order valence-corrected chi connectivity index (χ4v) is 2.24.